The van der Waals surface area contributed by atoms with Gasteiger partial charge in [0.05, 0.1) is 17.6 Å². The number of hydrogen-bond donors (Lipinski definition) is 1. The van der Waals surface area contributed by atoms with Gasteiger partial charge in [-0.2, -0.15) is 0 Å². The number of hydrogen-bond acceptors (Lipinski definition) is 4. The van der Waals surface area contributed by atoms with E-state index in [1.807, 2.05) is 31.3 Å². The normalized spacial score (nSPS) is 22.7. The molecule has 0 spiro atoms. The maximum Gasteiger partial charge on any atom is 0.155 e. The third-order valence-electron chi connectivity index (χ3n) is 4.02. The lowest BCUT2D eigenvalue weighted by atomic mass is 9.99. The molecule has 1 aromatic carbocycles. The molecule has 0 aliphatic carbocycles. The minimum absolute atomic E-state index is 0.143. The number of benzene rings is 1. The summed E-state index contributed by atoms with van der Waals surface area (Å²) in [5, 5.41) is 2.87. The Balaban J connectivity index is 2.17. The molecule has 5 heteroatoms. The van der Waals surface area contributed by atoms with E-state index in [-0.39, 0.29) is 11.3 Å². The van der Waals surface area contributed by atoms with E-state index in [1.54, 1.807) is 0 Å². The highest BCUT2D eigenvalue weighted by molar-refractivity contribution is 7.92. The summed E-state index contributed by atoms with van der Waals surface area (Å²) in [4.78, 5) is 0. The van der Waals surface area contributed by atoms with Gasteiger partial charge < -0.3 is 10.1 Å². The Morgan fingerprint density at radius 1 is 1.29 bits per heavy atom. The number of sulfone groups is 1. The van der Waals surface area contributed by atoms with Crippen molar-refractivity contribution in [2.75, 3.05) is 19.4 Å². The van der Waals surface area contributed by atoms with Crippen molar-refractivity contribution in [2.24, 2.45) is 0 Å². The van der Waals surface area contributed by atoms with Gasteiger partial charge in [-0.1, -0.05) is 25.5 Å². The van der Waals surface area contributed by atoms with Crippen LogP contribution in [0.2, 0.25) is 0 Å². The lowest BCUT2D eigenvalue weighted by Crippen LogP contribution is -2.39. The summed E-state index contributed by atoms with van der Waals surface area (Å²) in [6.45, 7) is 2.77. The molecule has 1 fully saturated rings. The van der Waals surface area contributed by atoms with Gasteiger partial charge in [0.1, 0.15) is 5.75 Å². The van der Waals surface area contributed by atoms with Gasteiger partial charge in [0, 0.05) is 6.04 Å². The molecule has 0 bridgehead atoms. The van der Waals surface area contributed by atoms with Crippen LogP contribution in [0.3, 0.4) is 0 Å². The topological polar surface area (TPSA) is 55.4 Å². The van der Waals surface area contributed by atoms with Crippen molar-refractivity contribution in [1.82, 2.24) is 5.32 Å². The van der Waals surface area contributed by atoms with Crippen molar-refractivity contribution < 1.29 is 13.2 Å². The van der Waals surface area contributed by atoms with Gasteiger partial charge >= 0.3 is 0 Å². The van der Waals surface area contributed by atoms with E-state index in [4.69, 9.17) is 4.74 Å². The first-order valence-electron chi connectivity index (χ1n) is 7.70. The zero-order valence-electron chi connectivity index (χ0n) is 12.8. The van der Waals surface area contributed by atoms with E-state index in [9.17, 15) is 8.42 Å². The highest BCUT2D eigenvalue weighted by atomic mass is 32.2. The zero-order valence-corrected chi connectivity index (χ0v) is 13.7. The molecule has 2 atom stereocenters. The van der Waals surface area contributed by atoms with Crippen molar-refractivity contribution in [3.8, 4) is 5.75 Å². The lowest BCUT2D eigenvalue weighted by Gasteiger charge is -2.30. The molecular formula is C16H25NO3S. The quantitative estimate of drug-likeness (QED) is 0.877. The van der Waals surface area contributed by atoms with Crippen LogP contribution < -0.4 is 10.1 Å². The van der Waals surface area contributed by atoms with E-state index >= 15 is 0 Å². The summed E-state index contributed by atoms with van der Waals surface area (Å²) < 4.78 is 30.2. The van der Waals surface area contributed by atoms with Gasteiger partial charge in [-0.15, -0.1) is 0 Å². The predicted octanol–water partition coefficient (Wildman–Crippen LogP) is 2.70. The Bertz CT molecular complexity index is 539. The van der Waals surface area contributed by atoms with Crippen LogP contribution in [0.4, 0.5) is 0 Å². The summed E-state index contributed by atoms with van der Waals surface area (Å²) in [5.41, 5.74) is 1.01. The number of nitrogens with one attached hydrogen (secondary N) is 1. The fourth-order valence-electron chi connectivity index (χ4n) is 2.91. The van der Waals surface area contributed by atoms with Crippen molar-refractivity contribution in [3.05, 3.63) is 29.8 Å². The van der Waals surface area contributed by atoms with Gasteiger partial charge in [0.25, 0.3) is 0 Å². The fourth-order valence-corrected chi connectivity index (χ4v) is 5.06. The van der Waals surface area contributed by atoms with E-state index in [0.29, 0.717) is 12.4 Å². The molecule has 1 aliphatic rings. The van der Waals surface area contributed by atoms with E-state index in [0.717, 1.165) is 37.0 Å². The Morgan fingerprint density at radius 2 is 2.00 bits per heavy atom. The van der Waals surface area contributed by atoms with Crippen LogP contribution in [0.5, 0.6) is 5.75 Å². The van der Waals surface area contributed by atoms with Gasteiger partial charge in [-0.25, -0.2) is 8.42 Å². The molecule has 118 valence electrons. The fraction of sp³-hybridized carbons (Fsp3) is 0.625. The van der Waals surface area contributed by atoms with E-state index in [1.165, 1.54) is 0 Å². The van der Waals surface area contributed by atoms with E-state index in [2.05, 4.69) is 12.2 Å². The molecule has 21 heavy (non-hydrogen) atoms. The largest absolute Gasteiger partial charge is 0.494 e. The summed E-state index contributed by atoms with van der Waals surface area (Å²) >= 11 is 0. The third-order valence-corrected chi connectivity index (χ3v) is 6.31. The first-order chi connectivity index (χ1) is 10.1. The zero-order chi connectivity index (χ0) is 15.3. The van der Waals surface area contributed by atoms with Gasteiger partial charge in [-0.05, 0) is 44.0 Å². The van der Waals surface area contributed by atoms with Crippen molar-refractivity contribution >= 4 is 9.84 Å². The third kappa shape index (κ3) is 3.98. The van der Waals surface area contributed by atoms with Crippen molar-refractivity contribution in [1.29, 1.82) is 0 Å². The SMILES string of the molecule is CCCOc1ccc(C(NC)C2CCCCS2(=O)=O)cc1. The molecule has 1 N–H and O–H groups in total. The molecular weight excluding hydrogens is 286 g/mol. The first kappa shape index (κ1) is 16.3. The summed E-state index contributed by atoms with van der Waals surface area (Å²) in [6, 6.07) is 7.64. The molecule has 2 rings (SSSR count). The van der Waals surface area contributed by atoms with Gasteiger partial charge in [0.2, 0.25) is 0 Å². The number of ether oxygens (including phenoxy) is 1. The lowest BCUT2D eigenvalue weighted by molar-refractivity contribution is 0.317. The summed E-state index contributed by atoms with van der Waals surface area (Å²) in [7, 11) is -1.17. The second-order valence-electron chi connectivity index (χ2n) is 5.59. The van der Waals surface area contributed by atoms with Crippen LogP contribution in [0, 0.1) is 0 Å². The Labute approximate surface area is 127 Å². The average molecular weight is 311 g/mol. The first-order valence-corrected chi connectivity index (χ1v) is 9.41. The summed E-state index contributed by atoms with van der Waals surface area (Å²) in [5.74, 6) is 1.15. The molecule has 1 heterocycles. The monoisotopic (exact) mass is 311 g/mol. The molecule has 0 saturated carbocycles. The molecule has 0 amide bonds. The maximum absolute atomic E-state index is 12.3. The standard InChI is InChI=1S/C16H25NO3S/c1-3-11-20-14-9-7-13(8-10-14)16(17-2)15-6-4-5-12-21(15,18)19/h7-10,15-17H,3-6,11-12H2,1-2H3. The van der Waals surface area contributed by atoms with Crippen LogP contribution in [0.25, 0.3) is 0 Å². The van der Waals surface area contributed by atoms with E-state index < -0.39 is 9.84 Å². The molecule has 1 saturated heterocycles. The van der Waals surface area contributed by atoms with Crippen LogP contribution in [0.1, 0.15) is 44.2 Å². The number of rotatable bonds is 6. The maximum atomic E-state index is 12.3. The molecule has 2 unspecified atom stereocenters. The van der Waals surface area contributed by atoms with Gasteiger partial charge in [0.15, 0.2) is 9.84 Å². The Kier molecular flexibility index (Phi) is 5.65. The van der Waals surface area contributed by atoms with Gasteiger partial charge in [-0.3, -0.25) is 0 Å². The smallest absolute Gasteiger partial charge is 0.155 e. The summed E-state index contributed by atoms with van der Waals surface area (Å²) in [6.07, 6.45) is 3.49. The van der Waals surface area contributed by atoms with Crippen molar-refractivity contribution in [3.63, 3.8) is 0 Å². The van der Waals surface area contributed by atoms with Crippen LogP contribution >= 0.6 is 0 Å². The second kappa shape index (κ2) is 7.27. The minimum Gasteiger partial charge on any atom is -0.494 e. The molecule has 0 aromatic heterocycles. The molecule has 1 aliphatic heterocycles. The highest BCUT2D eigenvalue weighted by Crippen LogP contribution is 2.31. The molecule has 4 nitrogen and oxygen atoms in total. The van der Waals surface area contributed by atoms with Crippen LogP contribution in [-0.2, 0) is 9.84 Å². The Hall–Kier alpha value is -1.07. The molecule has 0 radical (unpaired) electrons. The molecule has 1 aromatic rings. The predicted molar refractivity (Wildman–Crippen MR) is 85.5 cm³/mol. The Morgan fingerprint density at radius 3 is 2.57 bits per heavy atom. The van der Waals surface area contributed by atoms with Crippen molar-refractivity contribution in [2.45, 2.75) is 43.9 Å². The van der Waals surface area contributed by atoms with Crippen LogP contribution in [-0.4, -0.2) is 33.1 Å². The average Bonchev–Trinajstić information content (AvgIpc) is 2.48. The minimum atomic E-state index is -3.00. The second-order valence-corrected chi connectivity index (χ2v) is 7.92. The van der Waals surface area contributed by atoms with Crippen LogP contribution in [0.15, 0.2) is 24.3 Å². The highest BCUT2D eigenvalue weighted by Gasteiger charge is 2.35.